The van der Waals surface area contributed by atoms with Gasteiger partial charge in [-0.2, -0.15) is 0 Å². The van der Waals surface area contributed by atoms with Crippen LogP contribution in [-0.2, 0) is 9.53 Å². The summed E-state index contributed by atoms with van der Waals surface area (Å²) in [7, 11) is 0. The molecule has 12 heavy (non-hydrogen) atoms. The van der Waals surface area contributed by atoms with Gasteiger partial charge < -0.3 is 10.1 Å². The molecule has 0 aromatic heterocycles. The molecule has 0 amide bonds. The predicted octanol–water partition coefficient (Wildman–Crippen LogP) is 1.36. The van der Waals surface area contributed by atoms with Crippen LogP contribution in [0.1, 0.15) is 26.2 Å². The highest BCUT2D eigenvalue weighted by Crippen LogP contribution is 1.96. The van der Waals surface area contributed by atoms with Crippen molar-refractivity contribution in [3.8, 4) is 0 Å². The third-order valence-corrected chi connectivity index (χ3v) is 1.44. The van der Waals surface area contributed by atoms with Gasteiger partial charge >= 0.3 is 0 Å². The van der Waals surface area contributed by atoms with Gasteiger partial charge in [0.25, 0.3) is 6.47 Å². The molecular weight excluding hydrogens is 178 g/mol. The molecule has 1 rings (SSSR count). The van der Waals surface area contributed by atoms with Gasteiger partial charge in [0.15, 0.2) is 0 Å². The third-order valence-electron chi connectivity index (χ3n) is 1.44. The van der Waals surface area contributed by atoms with Gasteiger partial charge in [0.05, 0.1) is 6.61 Å². The van der Waals surface area contributed by atoms with Crippen molar-refractivity contribution in [2.24, 2.45) is 0 Å². The summed E-state index contributed by atoms with van der Waals surface area (Å²) in [5.74, 6) is 0. The topological polar surface area (TPSA) is 38.3 Å². The Morgan fingerprint density at radius 3 is 2.00 bits per heavy atom. The van der Waals surface area contributed by atoms with Crippen LogP contribution in [0.2, 0.25) is 0 Å². The largest absolute Gasteiger partial charge is 0.468 e. The van der Waals surface area contributed by atoms with Gasteiger partial charge in [0, 0.05) is 0 Å². The van der Waals surface area contributed by atoms with Gasteiger partial charge in [-0.25, -0.2) is 0 Å². The zero-order valence-corrected chi connectivity index (χ0v) is 8.36. The highest BCUT2D eigenvalue weighted by Gasteiger charge is 1.93. The van der Waals surface area contributed by atoms with Crippen LogP contribution in [0.25, 0.3) is 0 Å². The quantitative estimate of drug-likeness (QED) is 0.677. The van der Waals surface area contributed by atoms with E-state index in [0.29, 0.717) is 13.1 Å². The maximum absolute atomic E-state index is 9.18. The summed E-state index contributed by atoms with van der Waals surface area (Å²) in [6, 6.07) is 0. The molecule has 0 aliphatic carbocycles. The minimum atomic E-state index is 0. The van der Waals surface area contributed by atoms with Crippen molar-refractivity contribution in [2.45, 2.75) is 26.2 Å². The van der Waals surface area contributed by atoms with Crippen molar-refractivity contribution in [2.75, 3.05) is 19.7 Å². The molecule has 0 saturated carbocycles. The van der Waals surface area contributed by atoms with Gasteiger partial charge in [-0.1, -0.05) is 6.42 Å². The molecule has 0 unspecified atom stereocenters. The molecule has 1 heterocycles. The lowest BCUT2D eigenvalue weighted by atomic mass is 10.2. The van der Waals surface area contributed by atoms with E-state index in [1.54, 1.807) is 6.92 Å². The Morgan fingerprint density at radius 2 is 1.92 bits per heavy atom. The molecule has 4 heteroatoms. The first-order valence-corrected chi connectivity index (χ1v) is 4.17. The van der Waals surface area contributed by atoms with Gasteiger partial charge in [0.1, 0.15) is 0 Å². The Morgan fingerprint density at radius 1 is 1.33 bits per heavy atom. The highest BCUT2D eigenvalue weighted by atomic mass is 35.5. The maximum Gasteiger partial charge on any atom is 0.293 e. The van der Waals surface area contributed by atoms with Crippen LogP contribution in [0, 0.1) is 0 Å². The minimum Gasteiger partial charge on any atom is -0.468 e. The van der Waals surface area contributed by atoms with E-state index in [9.17, 15) is 4.79 Å². The van der Waals surface area contributed by atoms with E-state index in [-0.39, 0.29) is 12.4 Å². The summed E-state index contributed by atoms with van der Waals surface area (Å²) in [5.41, 5.74) is 0. The molecule has 74 valence electrons. The Kier molecular flexibility index (Phi) is 15.8. The Bertz CT molecular complexity index is 75.6. The van der Waals surface area contributed by atoms with Gasteiger partial charge in [-0.3, -0.25) is 4.79 Å². The van der Waals surface area contributed by atoms with Crippen LogP contribution in [0.4, 0.5) is 0 Å². The Hall–Kier alpha value is -0.280. The van der Waals surface area contributed by atoms with E-state index in [2.05, 4.69) is 10.1 Å². The van der Waals surface area contributed by atoms with E-state index < -0.39 is 0 Å². The molecule has 0 atom stereocenters. The normalized spacial score (nSPS) is 14.8. The molecule has 1 saturated heterocycles. The molecule has 0 radical (unpaired) electrons. The van der Waals surface area contributed by atoms with E-state index in [1.165, 1.54) is 32.4 Å². The summed E-state index contributed by atoms with van der Waals surface area (Å²) in [5, 5.41) is 3.28. The van der Waals surface area contributed by atoms with Crippen molar-refractivity contribution in [3.63, 3.8) is 0 Å². The molecule has 1 aliphatic rings. The Labute approximate surface area is 80.3 Å². The number of halogens is 1. The highest BCUT2D eigenvalue weighted by molar-refractivity contribution is 5.85. The number of carbonyl (C=O) groups is 1. The average Bonchev–Trinajstić information content (AvgIpc) is 2.10. The smallest absolute Gasteiger partial charge is 0.293 e. The lowest BCUT2D eigenvalue weighted by Gasteiger charge is -2.08. The van der Waals surface area contributed by atoms with Crippen LogP contribution >= 0.6 is 12.4 Å². The summed E-state index contributed by atoms with van der Waals surface area (Å²) in [6.45, 7) is 5.16. The molecular formula is C8H18ClNO2. The van der Waals surface area contributed by atoms with Crippen molar-refractivity contribution < 1.29 is 9.53 Å². The molecule has 1 N–H and O–H groups in total. The third kappa shape index (κ3) is 12.4. The average molecular weight is 196 g/mol. The number of nitrogens with one attached hydrogen (secondary N) is 1. The van der Waals surface area contributed by atoms with Crippen LogP contribution in [0.3, 0.4) is 0 Å². The first-order valence-electron chi connectivity index (χ1n) is 4.17. The standard InChI is InChI=1S/C5H11N.C3H6O2.ClH/c1-2-4-6-5-3-1;1-2-5-3-4;/h6H,1-5H2;3H,2H2,1H3;1H. The fourth-order valence-electron chi connectivity index (χ4n) is 0.870. The van der Waals surface area contributed by atoms with Gasteiger partial charge in [-0.15, -0.1) is 12.4 Å². The molecule has 0 aromatic carbocycles. The molecule has 0 spiro atoms. The van der Waals surface area contributed by atoms with Crippen molar-refractivity contribution >= 4 is 18.9 Å². The van der Waals surface area contributed by atoms with E-state index in [0.717, 1.165) is 0 Å². The van der Waals surface area contributed by atoms with Crippen LogP contribution < -0.4 is 5.32 Å². The van der Waals surface area contributed by atoms with Crippen LogP contribution in [-0.4, -0.2) is 26.2 Å². The van der Waals surface area contributed by atoms with Crippen molar-refractivity contribution in [1.29, 1.82) is 0 Å². The minimum absolute atomic E-state index is 0. The van der Waals surface area contributed by atoms with E-state index in [1.807, 2.05) is 0 Å². The van der Waals surface area contributed by atoms with Crippen molar-refractivity contribution in [1.82, 2.24) is 5.32 Å². The lowest BCUT2D eigenvalue weighted by Crippen LogP contribution is -2.21. The number of carbonyl (C=O) groups excluding carboxylic acids is 1. The second-order valence-corrected chi connectivity index (χ2v) is 2.36. The first kappa shape index (κ1) is 14.3. The number of hydrogen-bond donors (Lipinski definition) is 1. The van der Waals surface area contributed by atoms with Gasteiger partial charge in [-0.05, 0) is 32.9 Å². The summed E-state index contributed by atoms with van der Waals surface area (Å²) in [6.07, 6.45) is 4.22. The van der Waals surface area contributed by atoms with E-state index >= 15 is 0 Å². The lowest BCUT2D eigenvalue weighted by molar-refractivity contribution is -0.128. The molecule has 0 aromatic rings. The SMILES string of the molecule is C1CCNCC1.CCOC=O.Cl. The van der Waals surface area contributed by atoms with Crippen molar-refractivity contribution in [3.05, 3.63) is 0 Å². The molecule has 1 fully saturated rings. The zero-order valence-electron chi connectivity index (χ0n) is 7.54. The number of rotatable bonds is 2. The second kappa shape index (κ2) is 13.3. The maximum atomic E-state index is 9.18. The van der Waals surface area contributed by atoms with Crippen LogP contribution in [0.5, 0.6) is 0 Å². The second-order valence-electron chi connectivity index (χ2n) is 2.36. The first-order chi connectivity index (χ1) is 5.41. The molecule has 3 nitrogen and oxygen atoms in total. The number of ether oxygens (including phenoxy) is 1. The fraction of sp³-hybridized carbons (Fsp3) is 0.875. The molecule has 0 bridgehead atoms. The number of piperidine rings is 1. The monoisotopic (exact) mass is 195 g/mol. The summed E-state index contributed by atoms with van der Waals surface area (Å²) >= 11 is 0. The van der Waals surface area contributed by atoms with Gasteiger partial charge in [0.2, 0.25) is 0 Å². The van der Waals surface area contributed by atoms with E-state index in [4.69, 9.17) is 0 Å². The van der Waals surface area contributed by atoms with Crippen LogP contribution in [0.15, 0.2) is 0 Å². The Balaban J connectivity index is 0. The fourth-order valence-corrected chi connectivity index (χ4v) is 0.870. The summed E-state index contributed by atoms with van der Waals surface area (Å²) < 4.78 is 4.15. The molecule has 1 aliphatic heterocycles. The summed E-state index contributed by atoms with van der Waals surface area (Å²) in [4.78, 5) is 9.18. The number of hydrogen-bond acceptors (Lipinski definition) is 3. The zero-order chi connectivity index (χ0) is 8.36. The predicted molar refractivity (Wildman–Crippen MR) is 51.7 cm³/mol.